The average molecular weight is 552 g/mol. The highest BCUT2D eigenvalue weighted by Crippen LogP contribution is 2.31. The third-order valence-corrected chi connectivity index (χ3v) is 7.39. The van der Waals surface area contributed by atoms with E-state index < -0.39 is 5.91 Å². The van der Waals surface area contributed by atoms with Gasteiger partial charge in [0.2, 0.25) is 5.76 Å². The first-order chi connectivity index (χ1) is 18.4. The Morgan fingerprint density at radius 3 is 2.63 bits per heavy atom. The molecule has 38 heavy (non-hydrogen) atoms. The Balaban J connectivity index is 1.30. The molecule has 1 amide bonds. The molecular weight excluding hydrogens is 522 g/mol. The molecule has 0 spiro atoms. The Kier molecular flexibility index (Phi) is 8.18. The van der Waals surface area contributed by atoms with Gasteiger partial charge in [0, 0.05) is 53.9 Å². The van der Waals surface area contributed by atoms with E-state index in [2.05, 4.69) is 31.7 Å². The van der Waals surface area contributed by atoms with Gasteiger partial charge in [-0.1, -0.05) is 43.6 Å². The second kappa shape index (κ2) is 11.7. The minimum Gasteiger partial charge on any atom is -0.435 e. The number of aryl methyl sites for hydroxylation is 1. The molecule has 0 aliphatic carbocycles. The van der Waals surface area contributed by atoms with Crippen LogP contribution < -0.4 is 10.6 Å². The van der Waals surface area contributed by atoms with Gasteiger partial charge < -0.3 is 14.5 Å². The Morgan fingerprint density at radius 1 is 1.16 bits per heavy atom. The maximum absolute atomic E-state index is 13.2. The maximum atomic E-state index is 13.2. The first kappa shape index (κ1) is 26.5. The number of halogens is 1. The molecule has 2 N–H and O–H groups in total. The monoisotopic (exact) mass is 551 g/mol. The van der Waals surface area contributed by atoms with Crippen LogP contribution in [-0.2, 0) is 11.3 Å². The van der Waals surface area contributed by atoms with E-state index in [1.165, 1.54) is 11.3 Å². The van der Waals surface area contributed by atoms with E-state index in [-0.39, 0.29) is 11.7 Å². The molecular formula is C28H30ClN5O3S. The molecule has 8 nitrogen and oxygen atoms in total. The second-order valence-corrected chi connectivity index (χ2v) is 11.0. The van der Waals surface area contributed by atoms with E-state index >= 15 is 0 Å². The normalized spacial score (nSPS) is 14.2. The fourth-order valence-corrected chi connectivity index (χ4v) is 5.11. The van der Waals surface area contributed by atoms with E-state index in [0.717, 1.165) is 55.0 Å². The fraction of sp³-hybridized carbons (Fsp3) is 0.357. The molecule has 5 rings (SSSR count). The van der Waals surface area contributed by atoms with Crippen LogP contribution in [0.4, 0.5) is 5.13 Å². The smallest absolute Gasteiger partial charge is 0.295 e. The van der Waals surface area contributed by atoms with Crippen LogP contribution in [0, 0.1) is 6.92 Å². The van der Waals surface area contributed by atoms with Gasteiger partial charge in [0.1, 0.15) is 11.4 Å². The number of carbonyl (C=O) groups excluding carboxylic acids is 1. The predicted octanol–water partition coefficient (Wildman–Crippen LogP) is 6.47. The molecule has 4 aromatic rings. The number of rotatable bonds is 8. The zero-order valence-electron chi connectivity index (χ0n) is 21.6. The van der Waals surface area contributed by atoms with Gasteiger partial charge in [0.05, 0.1) is 5.69 Å². The molecule has 198 valence electrons. The van der Waals surface area contributed by atoms with Gasteiger partial charge in [-0.15, -0.1) is 11.3 Å². The van der Waals surface area contributed by atoms with Crippen LogP contribution in [-0.4, -0.2) is 40.1 Å². The van der Waals surface area contributed by atoms with E-state index in [4.69, 9.17) is 20.8 Å². The maximum Gasteiger partial charge on any atom is 0.295 e. The number of thiazole rings is 1. The Hall–Kier alpha value is -3.11. The summed E-state index contributed by atoms with van der Waals surface area (Å²) in [5.41, 5.74) is 4.89. The van der Waals surface area contributed by atoms with Gasteiger partial charge in [-0.2, -0.15) is 0 Å². The lowest BCUT2D eigenvalue weighted by molar-refractivity contribution is 0.0776. The summed E-state index contributed by atoms with van der Waals surface area (Å²) in [6.45, 7) is 8.35. The zero-order chi connectivity index (χ0) is 26.6. The highest BCUT2D eigenvalue weighted by Gasteiger charge is 2.24. The molecule has 1 aromatic carbocycles. The van der Waals surface area contributed by atoms with Crippen molar-refractivity contribution in [2.24, 2.45) is 0 Å². The first-order valence-corrected chi connectivity index (χ1v) is 13.9. The van der Waals surface area contributed by atoms with Crippen LogP contribution >= 0.6 is 22.9 Å². The van der Waals surface area contributed by atoms with Crippen molar-refractivity contribution in [2.45, 2.75) is 52.1 Å². The van der Waals surface area contributed by atoms with Crippen molar-refractivity contribution in [3.63, 3.8) is 0 Å². The van der Waals surface area contributed by atoms with Gasteiger partial charge in [0.25, 0.3) is 5.91 Å². The molecule has 0 saturated carbocycles. The van der Waals surface area contributed by atoms with Gasteiger partial charge >= 0.3 is 0 Å². The van der Waals surface area contributed by atoms with Crippen molar-refractivity contribution in [2.75, 3.05) is 18.5 Å². The lowest BCUT2D eigenvalue weighted by Crippen LogP contribution is -2.34. The number of nitrogens with one attached hydrogen (secondary N) is 2. The van der Waals surface area contributed by atoms with Crippen molar-refractivity contribution >= 4 is 34.0 Å². The summed E-state index contributed by atoms with van der Waals surface area (Å²) < 4.78 is 11.3. The number of pyridine rings is 1. The van der Waals surface area contributed by atoms with Crippen LogP contribution in [0.15, 0.2) is 46.3 Å². The van der Waals surface area contributed by atoms with E-state index in [9.17, 15) is 4.79 Å². The molecule has 1 saturated heterocycles. The van der Waals surface area contributed by atoms with Crippen molar-refractivity contribution in [1.82, 2.24) is 20.3 Å². The molecule has 10 heteroatoms. The predicted molar refractivity (Wildman–Crippen MR) is 150 cm³/mol. The summed E-state index contributed by atoms with van der Waals surface area (Å²) in [4.78, 5) is 27.1. The van der Waals surface area contributed by atoms with Crippen LogP contribution in [0.1, 0.15) is 60.2 Å². The Labute approximate surface area is 230 Å². The van der Waals surface area contributed by atoms with Crippen molar-refractivity contribution in [3.8, 4) is 22.6 Å². The number of benzene rings is 1. The third-order valence-electron chi connectivity index (χ3n) is 6.38. The highest BCUT2D eigenvalue weighted by atomic mass is 35.5. The summed E-state index contributed by atoms with van der Waals surface area (Å²) in [6.07, 6.45) is 3.95. The number of oxazole rings is 1. The van der Waals surface area contributed by atoms with E-state index in [1.807, 2.05) is 44.5 Å². The molecule has 4 heterocycles. The number of aromatic nitrogens is 3. The first-order valence-electron chi connectivity index (χ1n) is 12.7. The number of amides is 1. The summed E-state index contributed by atoms with van der Waals surface area (Å²) in [5, 5.41) is 9.42. The topological polar surface area (TPSA) is 102 Å². The molecule has 0 bridgehead atoms. The standard InChI is InChI=1S/C28H30ClN5O3S/c1-16(2)27-33-24(19-4-6-20(29)7-5-19)25(37-27)26(35)34-28-32-22(15-38-28)23-17(3)12-18(14-31-23)13-30-21-8-10-36-11-9-21/h4-7,12,14-16,21,30H,8-11,13H2,1-3H3,(H,32,34,35). The number of hydrogen-bond acceptors (Lipinski definition) is 8. The highest BCUT2D eigenvalue weighted by molar-refractivity contribution is 7.14. The minimum absolute atomic E-state index is 0.0259. The van der Waals surface area contributed by atoms with Crippen LogP contribution in [0.25, 0.3) is 22.6 Å². The molecule has 3 aromatic heterocycles. The number of anilines is 1. The van der Waals surface area contributed by atoms with Gasteiger partial charge in [-0.25, -0.2) is 9.97 Å². The van der Waals surface area contributed by atoms with E-state index in [0.29, 0.717) is 33.5 Å². The average Bonchev–Trinajstić information content (AvgIpc) is 3.57. The summed E-state index contributed by atoms with van der Waals surface area (Å²) in [6, 6.07) is 9.77. The Bertz CT molecular complexity index is 1410. The van der Waals surface area contributed by atoms with Gasteiger partial charge in [-0.3, -0.25) is 15.1 Å². The van der Waals surface area contributed by atoms with Crippen LogP contribution in [0.5, 0.6) is 0 Å². The lowest BCUT2D eigenvalue weighted by Gasteiger charge is -2.23. The fourth-order valence-electron chi connectivity index (χ4n) is 4.30. The van der Waals surface area contributed by atoms with Crippen molar-refractivity contribution in [1.29, 1.82) is 0 Å². The molecule has 0 unspecified atom stereocenters. The molecule has 1 fully saturated rings. The third kappa shape index (κ3) is 6.13. The van der Waals surface area contributed by atoms with Gasteiger partial charge in [0.15, 0.2) is 11.0 Å². The minimum atomic E-state index is -0.408. The largest absolute Gasteiger partial charge is 0.435 e. The molecule has 1 aliphatic heterocycles. The molecule has 0 atom stereocenters. The Morgan fingerprint density at radius 2 is 1.92 bits per heavy atom. The van der Waals surface area contributed by atoms with Crippen molar-refractivity contribution in [3.05, 3.63) is 69.7 Å². The summed E-state index contributed by atoms with van der Waals surface area (Å²) >= 11 is 7.38. The van der Waals surface area contributed by atoms with Crippen LogP contribution in [0.2, 0.25) is 5.02 Å². The lowest BCUT2D eigenvalue weighted by atomic mass is 10.1. The van der Waals surface area contributed by atoms with Gasteiger partial charge in [-0.05, 0) is 43.0 Å². The molecule has 0 radical (unpaired) electrons. The number of ether oxygens (including phenoxy) is 1. The zero-order valence-corrected chi connectivity index (χ0v) is 23.2. The van der Waals surface area contributed by atoms with Crippen LogP contribution in [0.3, 0.4) is 0 Å². The SMILES string of the molecule is Cc1cc(CNC2CCOCC2)cnc1-c1csc(NC(=O)c2oc(C(C)C)nc2-c2ccc(Cl)cc2)n1. The second-order valence-electron chi connectivity index (χ2n) is 9.66. The quantitative estimate of drug-likeness (QED) is 0.259. The number of hydrogen-bond donors (Lipinski definition) is 2. The molecule has 1 aliphatic rings. The van der Waals surface area contributed by atoms with E-state index in [1.54, 1.807) is 12.1 Å². The summed E-state index contributed by atoms with van der Waals surface area (Å²) in [5.74, 6) is 0.252. The summed E-state index contributed by atoms with van der Waals surface area (Å²) in [7, 11) is 0. The van der Waals surface area contributed by atoms with Crippen molar-refractivity contribution < 1.29 is 13.9 Å². The number of nitrogens with zero attached hydrogens (tertiary/aromatic N) is 3. The number of carbonyl (C=O) groups is 1.